The fourth-order valence-corrected chi connectivity index (χ4v) is 1.63. The maximum Gasteiger partial charge on any atom is 0.405 e. The maximum atomic E-state index is 12.0. The summed E-state index contributed by atoms with van der Waals surface area (Å²) in [5.41, 5.74) is -0.0276. The van der Waals surface area contributed by atoms with Gasteiger partial charge in [-0.1, -0.05) is 0 Å². The van der Waals surface area contributed by atoms with E-state index in [4.69, 9.17) is 0 Å². The molecular weight excluding hydrogens is 287 g/mol. The zero-order valence-corrected chi connectivity index (χ0v) is 10.6. The molecule has 5 nitrogen and oxygen atoms in total. The lowest BCUT2D eigenvalue weighted by Gasteiger charge is -2.08. The van der Waals surface area contributed by atoms with Crippen LogP contribution in [-0.4, -0.2) is 28.6 Å². The number of halogens is 3. The van der Waals surface area contributed by atoms with Crippen LogP contribution in [0.3, 0.4) is 0 Å². The molecular formula is C13H10F3N3O2. The van der Waals surface area contributed by atoms with Crippen molar-refractivity contribution < 1.29 is 18.0 Å². The maximum absolute atomic E-state index is 12.0. The van der Waals surface area contributed by atoms with Crippen LogP contribution in [-0.2, 0) is 0 Å². The zero-order valence-electron chi connectivity index (χ0n) is 10.6. The third-order valence-corrected chi connectivity index (χ3v) is 2.59. The van der Waals surface area contributed by atoms with Crippen LogP contribution in [0.25, 0.3) is 11.3 Å². The Morgan fingerprint density at radius 1 is 1.19 bits per heavy atom. The first kappa shape index (κ1) is 14.8. The molecule has 8 heteroatoms. The first-order valence-corrected chi connectivity index (χ1v) is 5.85. The van der Waals surface area contributed by atoms with Crippen molar-refractivity contribution in [3.05, 3.63) is 52.6 Å². The largest absolute Gasteiger partial charge is 0.405 e. The molecule has 2 aromatic heterocycles. The summed E-state index contributed by atoms with van der Waals surface area (Å²) in [7, 11) is 0. The number of hydrogen-bond acceptors (Lipinski definition) is 3. The number of rotatable bonds is 3. The number of aromatic amines is 1. The van der Waals surface area contributed by atoms with Gasteiger partial charge in [0.25, 0.3) is 11.5 Å². The van der Waals surface area contributed by atoms with E-state index in [1.807, 2.05) is 0 Å². The summed E-state index contributed by atoms with van der Waals surface area (Å²) in [4.78, 5) is 29.6. The van der Waals surface area contributed by atoms with E-state index in [-0.39, 0.29) is 5.56 Å². The number of alkyl halides is 3. The zero-order chi connectivity index (χ0) is 15.5. The molecule has 0 fully saturated rings. The molecule has 0 aromatic carbocycles. The summed E-state index contributed by atoms with van der Waals surface area (Å²) in [6.45, 7) is -1.49. The van der Waals surface area contributed by atoms with Crippen molar-refractivity contribution in [2.24, 2.45) is 0 Å². The number of amides is 1. The molecule has 0 aliphatic carbocycles. The quantitative estimate of drug-likeness (QED) is 0.906. The second-order valence-corrected chi connectivity index (χ2v) is 4.15. The Morgan fingerprint density at radius 2 is 1.86 bits per heavy atom. The van der Waals surface area contributed by atoms with Gasteiger partial charge >= 0.3 is 6.18 Å². The van der Waals surface area contributed by atoms with E-state index in [1.54, 1.807) is 17.4 Å². The van der Waals surface area contributed by atoms with Gasteiger partial charge in [0.1, 0.15) is 12.1 Å². The van der Waals surface area contributed by atoms with Gasteiger partial charge in [0.05, 0.1) is 0 Å². The molecule has 2 heterocycles. The monoisotopic (exact) mass is 297 g/mol. The number of pyridine rings is 2. The molecule has 2 rings (SSSR count). The number of aromatic nitrogens is 2. The van der Waals surface area contributed by atoms with Crippen molar-refractivity contribution >= 4 is 5.91 Å². The van der Waals surface area contributed by atoms with Crippen LogP contribution in [0.1, 0.15) is 10.4 Å². The summed E-state index contributed by atoms with van der Waals surface area (Å²) in [6.07, 6.45) is -1.48. The predicted molar refractivity (Wildman–Crippen MR) is 68.7 cm³/mol. The van der Waals surface area contributed by atoms with Gasteiger partial charge in [-0.25, -0.2) is 0 Å². The summed E-state index contributed by atoms with van der Waals surface area (Å²) < 4.78 is 36.0. The molecule has 0 saturated heterocycles. The first-order valence-electron chi connectivity index (χ1n) is 5.85. The number of carbonyl (C=O) groups is 1. The minimum absolute atomic E-state index is 0.378. The lowest BCUT2D eigenvalue weighted by molar-refractivity contribution is -0.123. The van der Waals surface area contributed by atoms with Crippen molar-refractivity contribution in [3.8, 4) is 11.3 Å². The standard InChI is InChI=1S/C13H10F3N3O2/c14-13(15,16)7-18-11(20)9-1-2-10(19-12(9)21)8-3-5-17-6-4-8/h1-6H,7H2,(H,18,20)(H,19,21). The summed E-state index contributed by atoms with van der Waals surface area (Å²) in [5, 5.41) is 1.65. The van der Waals surface area contributed by atoms with Gasteiger partial charge in [-0.3, -0.25) is 14.6 Å². The van der Waals surface area contributed by atoms with Gasteiger partial charge in [-0.2, -0.15) is 13.2 Å². The molecule has 0 bridgehead atoms. The number of nitrogens with zero attached hydrogens (tertiary/aromatic N) is 1. The first-order chi connectivity index (χ1) is 9.87. The van der Waals surface area contributed by atoms with E-state index in [9.17, 15) is 22.8 Å². The fourth-order valence-electron chi connectivity index (χ4n) is 1.63. The van der Waals surface area contributed by atoms with Crippen LogP contribution in [0.15, 0.2) is 41.5 Å². The topological polar surface area (TPSA) is 74.8 Å². The lowest BCUT2D eigenvalue weighted by Crippen LogP contribution is -2.36. The molecule has 1 amide bonds. The molecule has 0 unspecified atom stereocenters. The summed E-state index contributed by atoms with van der Waals surface area (Å²) in [5.74, 6) is -1.07. The number of H-pyrrole nitrogens is 1. The molecule has 0 radical (unpaired) electrons. The normalized spacial score (nSPS) is 11.2. The molecule has 0 atom stereocenters. The van der Waals surface area contributed by atoms with Crippen LogP contribution in [0.2, 0.25) is 0 Å². The average Bonchev–Trinajstić information content (AvgIpc) is 2.45. The lowest BCUT2D eigenvalue weighted by atomic mass is 10.1. The van der Waals surface area contributed by atoms with Crippen molar-refractivity contribution in [3.63, 3.8) is 0 Å². The Balaban J connectivity index is 2.20. The fraction of sp³-hybridized carbons (Fsp3) is 0.154. The van der Waals surface area contributed by atoms with E-state index in [0.29, 0.717) is 11.3 Å². The van der Waals surface area contributed by atoms with Gasteiger partial charge < -0.3 is 10.3 Å². The Bertz CT molecular complexity index is 696. The van der Waals surface area contributed by atoms with E-state index in [0.717, 1.165) is 0 Å². The summed E-state index contributed by atoms with van der Waals surface area (Å²) in [6, 6.07) is 5.92. The van der Waals surface area contributed by atoms with Gasteiger partial charge in [0.15, 0.2) is 0 Å². The smallest absolute Gasteiger partial charge is 0.343 e. The van der Waals surface area contributed by atoms with E-state index in [2.05, 4.69) is 9.97 Å². The van der Waals surface area contributed by atoms with Crippen molar-refractivity contribution in [1.82, 2.24) is 15.3 Å². The van der Waals surface area contributed by atoms with Crippen molar-refractivity contribution in [2.75, 3.05) is 6.54 Å². The van der Waals surface area contributed by atoms with Gasteiger partial charge in [0.2, 0.25) is 0 Å². The second kappa shape index (κ2) is 5.78. The Hall–Kier alpha value is -2.64. The van der Waals surface area contributed by atoms with Crippen LogP contribution >= 0.6 is 0 Å². The van der Waals surface area contributed by atoms with E-state index < -0.39 is 24.2 Å². The van der Waals surface area contributed by atoms with Gasteiger partial charge in [-0.05, 0) is 24.3 Å². The van der Waals surface area contributed by atoms with Crippen LogP contribution in [0.4, 0.5) is 13.2 Å². The molecule has 110 valence electrons. The number of hydrogen-bond donors (Lipinski definition) is 2. The highest BCUT2D eigenvalue weighted by Gasteiger charge is 2.28. The molecule has 21 heavy (non-hydrogen) atoms. The van der Waals surface area contributed by atoms with Gasteiger partial charge in [0, 0.05) is 23.7 Å². The molecule has 2 N–H and O–H groups in total. The minimum atomic E-state index is -4.53. The SMILES string of the molecule is O=C(NCC(F)(F)F)c1ccc(-c2ccncc2)[nH]c1=O. The Labute approximate surface area is 116 Å². The molecule has 0 aliphatic rings. The summed E-state index contributed by atoms with van der Waals surface area (Å²) >= 11 is 0. The molecule has 0 saturated carbocycles. The van der Waals surface area contributed by atoms with Crippen LogP contribution in [0.5, 0.6) is 0 Å². The molecule has 2 aromatic rings. The van der Waals surface area contributed by atoms with E-state index in [1.165, 1.54) is 24.5 Å². The van der Waals surface area contributed by atoms with Crippen molar-refractivity contribution in [2.45, 2.75) is 6.18 Å². The van der Waals surface area contributed by atoms with E-state index >= 15 is 0 Å². The third kappa shape index (κ3) is 3.91. The number of nitrogens with one attached hydrogen (secondary N) is 2. The average molecular weight is 297 g/mol. The van der Waals surface area contributed by atoms with Crippen LogP contribution in [0, 0.1) is 0 Å². The second-order valence-electron chi connectivity index (χ2n) is 4.15. The Morgan fingerprint density at radius 3 is 2.43 bits per heavy atom. The number of carbonyl (C=O) groups excluding carboxylic acids is 1. The highest BCUT2D eigenvalue weighted by Crippen LogP contribution is 2.14. The third-order valence-electron chi connectivity index (χ3n) is 2.59. The highest BCUT2D eigenvalue weighted by atomic mass is 19.4. The van der Waals surface area contributed by atoms with Gasteiger partial charge in [-0.15, -0.1) is 0 Å². The van der Waals surface area contributed by atoms with Crippen LogP contribution < -0.4 is 10.9 Å². The van der Waals surface area contributed by atoms with Crippen molar-refractivity contribution in [1.29, 1.82) is 0 Å². The molecule has 0 aliphatic heterocycles. The highest BCUT2D eigenvalue weighted by molar-refractivity contribution is 5.94. The minimum Gasteiger partial charge on any atom is -0.343 e. The molecule has 0 spiro atoms. The Kier molecular flexibility index (Phi) is 4.06. The predicted octanol–water partition coefficient (Wildman–Crippen LogP) is 1.73.